The molecule has 21 heavy (non-hydrogen) atoms. The molecule has 1 aromatic carbocycles. The second kappa shape index (κ2) is 5.09. The Bertz CT molecular complexity index is 540. The molecule has 1 aliphatic heterocycles. The van der Waals surface area contributed by atoms with Crippen LogP contribution < -0.4 is 5.73 Å². The molecule has 3 rings (SSSR count). The van der Waals surface area contributed by atoms with Gasteiger partial charge < -0.3 is 10.6 Å². The summed E-state index contributed by atoms with van der Waals surface area (Å²) in [5.41, 5.74) is 7.18. The zero-order chi connectivity index (χ0) is 15.2. The lowest BCUT2D eigenvalue weighted by atomic mass is 9.79. The highest BCUT2D eigenvalue weighted by Crippen LogP contribution is 2.49. The van der Waals surface area contributed by atoms with Crippen molar-refractivity contribution in [3.63, 3.8) is 0 Å². The third kappa shape index (κ3) is 2.82. The summed E-state index contributed by atoms with van der Waals surface area (Å²) in [6, 6.07) is 6.69. The molecule has 0 bridgehead atoms. The molecule has 1 aliphatic carbocycles. The number of halogens is 1. The summed E-state index contributed by atoms with van der Waals surface area (Å²) < 4.78 is 13.0. The first-order valence-corrected chi connectivity index (χ1v) is 7.68. The van der Waals surface area contributed by atoms with E-state index < -0.39 is 0 Å². The molecule has 0 aromatic heterocycles. The van der Waals surface area contributed by atoms with Crippen LogP contribution in [-0.4, -0.2) is 29.9 Å². The quantitative estimate of drug-likeness (QED) is 0.909. The number of amides is 1. The van der Waals surface area contributed by atoms with Crippen molar-refractivity contribution in [3.05, 3.63) is 35.6 Å². The van der Waals surface area contributed by atoms with Crippen molar-refractivity contribution in [2.24, 2.45) is 17.1 Å². The van der Waals surface area contributed by atoms with Gasteiger partial charge in [0.15, 0.2) is 0 Å². The molecular formula is C17H23FN2O. The van der Waals surface area contributed by atoms with Crippen LogP contribution in [0.4, 0.5) is 4.39 Å². The van der Waals surface area contributed by atoms with E-state index in [2.05, 4.69) is 13.8 Å². The number of nitrogens with zero attached hydrogens (tertiary/aromatic N) is 1. The van der Waals surface area contributed by atoms with E-state index in [-0.39, 0.29) is 35.0 Å². The minimum atomic E-state index is -0.228. The second-order valence-corrected chi connectivity index (χ2v) is 7.14. The lowest BCUT2D eigenvalue weighted by Gasteiger charge is -2.42. The Hall–Kier alpha value is -1.42. The van der Waals surface area contributed by atoms with Gasteiger partial charge >= 0.3 is 0 Å². The van der Waals surface area contributed by atoms with Gasteiger partial charge in [0.2, 0.25) is 5.91 Å². The number of rotatable bonds is 2. The van der Waals surface area contributed by atoms with Crippen LogP contribution in [0.2, 0.25) is 0 Å². The number of benzene rings is 1. The Kier molecular flexibility index (Phi) is 3.52. The molecule has 0 spiro atoms. The number of carbonyl (C=O) groups excluding carboxylic acids is 1. The Morgan fingerprint density at radius 2 is 2.00 bits per heavy atom. The van der Waals surface area contributed by atoms with E-state index in [1.54, 1.807) is 12.1 Å². The maximum atomic E-state index is 13.0. The molecule has 3 unspecified atom stereocenters. The van der Waals surface area contributed by atoms with E-state index in [0.717, 1.165) is 31.5 Å². The molecule has 1 amide bonds. The molecule has 1 saturated carbocycles. The number of nitrogens with two attached hydrogens (primary N) is 1. The summed E-state index contributed by atoms with van der Waals surface area (Å²) in [6.45, 7) is 5.75. The number of hydrogen-bond acceptors (Lipinski definition) is 2. The predicted octanol–water partition coefficient (Wildman–Crippen LogP) is 2.51. The van der Waals surface area contributed by atoms with Gasteiger partial charge in [-0.3, -0.25) is 4.79 Å². The lowest BCUT2D eigenvalue weighted by molar-refractivity contribution is -0.136. The number of hydrogen-bond donors (Lipinski definition) is 1. The molecule has 0 radical (unpaired) electrons. The van der Waals surface area contributed by atoms with Gasteiger partial charge in [0.05, 0.1) is 0 Å². The van der Waals surface area contributed by atoms with Crippen molar-refractivity contribution in [3.8, 4) is 0 Å². The van der Waals surface area contributed by atoms with Crippen molar-refractivity contribution < 1.29 is 9.18 Å². The average molecular weight is 290 g/mol. The molecule has 114 valence electrons. The minimum absolute atomic E-state index is 0.0197. The highest BCUT2D eigenvalue weighted by molar-refractivity contribution is 5.83. The number of piperidine rings is 1. The summed E-state index contributed by atoms with van der Waals surface area (Å²) in [5, 5.41) is 0. The van der Waals surface area contributed by atoms with Crippen LogP contribution in [-0.2, 0) is 4.79 Å². The van der Waals surface area contributed by atoms with Gasteiger partial charge in [0.1, 0.15) is 5.82 Å². The topological polar surface area (TPSA) is 46.3 Å². The maximum Gasteiger partial charge on any atom is 0.226 e. The van der Waals surface area contributed by atoms with Crippen LogP contribution in [0.15, 0.2) is 24.3 Å². The first kappa shape index (κ1) is 14.5. The van der Waals surface area contributed by atoms with Crippen molar-refractivity contribution in [2.75, 3.05) is 13.1 Å². The largest absolute Gasteiger partial charge is 0.342 e. The normalized spacial score (nSPS) is 31.0. The van der Waals surface area contributed by atoms with Crippen LogP contribution in [0, 0.1) is 17.2 Å². The van der Waals surface area contributed by atoms with Gasteiger partial charge in [0.25, 0.3) is 0 Å². The number of carbonyl (C=O) groups is 1. The third-order valence-corrected chi connectivity index (χ3v) is 5.03. The van der Waals surface area contributed by atoms with E-state index >= 15 is 0 Å². The lowest BCUT2D eigenvalue weighted by Crippen LogP contribution is -2.54. The standard InChI is InChI=1S/C17H23FN2O/c1-17(2)10-20(8-7-15(17)19)16(21)14-9-13(14)11-3-5-12(18)6-4-11/h3-6,13-15H,7-10,19H2,1-2H3. The van der Waals surface area contributed by atoms with Crippen molar-refractivity contribution in [1.82, 2.24) is 4.90 Å². The molecule has 2 fully saturated rings. The highest BCUT2D eigenvalue weighted by atomic mass is 19.1. The molecule has 1 heterocycles. The van der Waals surface area contributed by atoms with Crippen LogP contribution >= 0.6 is 0 Å². The third-order valence-electron chi connectivity index (χ3n) is 5.03. The van der Waals surface area contributed by atoms with Crippen LogP contribution in [0.1, 0.15) is 38.2 Å². The van der Waals surface area contributed by atoms with Crippen molar-refractivity contribution >= 4 is 5.91 Å². The van der Waals surface area contributed by atoms with Gasteiger partial charge in [-0.2, -0.15) is 0 Å². The van der Waals surface area contributed by atoms with Crippen LogP contribution in [0.5, 0.6) is 0 Å². The predicted molar refractivity (Wildman–Crippen MR) is 80.2 cm³/mol. The van der Waals surface area contributed by atoms with E-state index in [1.807, 2.05) is 4.90 Å². The Labute approximate surface area is 125 Å². The smallest absolute Gasteiger partial charge is 0.226 e. The summed E-state index contributed by atoms with van der Waals surface area (Å²) in [6.07, 6.45) is 1.75. The number of likely N-dealkylation sites (tertiary alicyclic amines) is 1. The fourth-order valence-electron chi connectivity index (χ4n) is 3.34. The maximum absolute atomic E-state index is 13.0. The van der Waals surface area contributed by atoms with Gasteiger partial charge in [-0.1, -0.05) is 26.0 Å². The van der Waals surface area contributed by atoms with Crippen LogP contribution in [0.3, 0.4) is 0 Å². The average Bonchev–Trinajstić information content (AvgIpc) is 3.22. The van der Waals surface area contributed by atoms with Crippen LogP contribution in [0.25, 0.3) is 0 Å². The van der Waals surface area contributed by atoms with E-state index in [0.29, 0.717) is 0 Å². The van der Waals surface area contributed by atoms with Crippen molar-refractivity contribution in [2.45, 2.75) is 38.6 Å². The van der Waals surface area contributed by atoms with Crippen molar-refractivity contribution in [1.29, 1.82) is 0 Å². The summed E-state index contributed by atoms with van der Waals surface area (Å²) >= 11 is 0. The SMILES string of the molecule is CC1(C)CN(C(=O)C2CC2c2ccc(F)cc2)CCC1N. The molecule has 1 saturated heterocycles. The fourth-order valence-corrected chi connectivity index (χ4v) is 3.34. The minimum Gasteiger partial charge on any atom is -0.342 e. The molecule has 4 heteroatoms. The molecular weight excluding hydrogens is 267 g/mol. The van der Waals surface area contributed by atoms with E-state index in [1.165, 1.54) is 12.1 Å². The monoisotopic (exact) mass is 290 g/mol. The van der Waals surface area contributed by atoms with E-state index in [9.17, 15) is 9.18 Å². The second-order valence-electron chi connectivity index (χ2n) is 7.14. The Morgan fingerprint density at radius 3 is 2.62 bits per heavy atom. The van der Waals surface area contributed by atoms with Gasteiger partial charge in [-0.25, -0.2) is 4.39 Å². The summed E-state index contributed by atoms with van der Waals surface area (Å²) in [7, 11) is 0. The zero-order valence-corrected chi connectivity index (χ0v) is 12.7. The Morgan fingerprint density at radius 1 is 1.33 bits per heavy atom. The molecule has 1 aromatic rings. The van der Waals surface area contributed by atoms with E-state index in [4.69, 9.17) is 5.73 Å². The molecule has 2 N–H and O–H groups in total. The zero-order valence-electron chi connectivity index (χ0n) is 12.7. The first-order chi connectivity index (χ1) is 9.88. The van der Waals surface area contributed by atoms with Gasteiger partial charge in [-0.05, 0) is 41.9 Å². The highest BCUT2D eigenvalue weighted by Gasteiger charge is 2.47. The molecule has 2 aliphatic rings. The first-order valence-electron chi connectivity index (χ1n) is 7.68. The summed E-state index contributed by atoms with van der Waals surface area (Å²) in [5.74, 6) is 0.343. The summed E-state index contributed by atoms with van der Waals surface area (Å²) in [4.78, 5) is 14.6. The fraction of sp³-hybridized carbons (Fsp3) is 0.588. The van der Waals surface area contributed by atoms with Gasteiger partial charge in [0, 0.05) is 25.0 Å². The van der Waals surface area contributed by atoms with Gasteiger partial charge in [-0.15, -0.1) is 0 Å². The molecule has 3 atom stereocenters. The Balaban J connectivity index is 1.64. The molecule has 3 nitrogen and oxygen atoms in total.